The molecule has 88 valence electrons. The van der Waals surface area contributed by atoms with Crippen molar-refractivity contribution in [2.45, 2.75) is 26.4 Å². The number of nitrogens with zero attached hydrogens (tertiary/aromatic N) is 1. The molecule has 1 rings (SSSR count). The van der Waals surface area contributed by atoms with Crippen molar-refractivity contribution in [1.82, 2.24) is 10.5 Å². The van der Waals surface area contributed by atoms with Crippen LogP contribution in [-0.4, -0.2) is 16.7 Å². The number of ether oxygens (including phenoxy) is 1. The monoisotopic (exact) mass is 288 g/mol. The molecule has 0 saturated carbocycles. The van der Waals surface area contributed by atoms with Gasteiger partial charge in [-0.05, 0) is 42.8 Å². The van der Waals surface area contributed by atoms with Crippen LogP contribution in [0.4, 0.5) is 4.79 Å². The molecule has 0 aliphatic heterocycles. The molecule has 0 spiro atoms. The number of rotatable bonds is 2. The van der Waals surface area contributed by atoms with Gasteiger partial charge in [-0.15, -0.1) is 0 Å². The maximum atomic E-state index is 11.2. The van der Waals surface area contributed by atoms with Crippen molar-refractivity contribution in [1.29, 1.82) is 0 Å². The average Bonchev–Trinajstić information content (AvgIpc) is 2.12. The van der Waals surface area contributed by atoms with Crippen LogP contribution in [0, 0.1) is 0 Å². The van der Waals surface area contributed by atoms with Gasteiger partial charge < -0.3 is 9.57 Å². The van der Waals surface area contributed by atoms with Crippen LogP contribution in [0.1, 0.15) is 20.8 Å². The minimum absolute atomic E-state index is 0.278. The molecule has 16 heavy (non-hydrogen) atoms. The van der Waals surface area contributed by atoms with E-state index >= 15 is 0 Å². The van der Waals surface area contributed by atoms with Gasteiger partial charge in [0.25, 0.3) is 0 Å². The lowest BCUT2D eigenvalue weighted by Crippen LogP contribution is -2.34. The number of carbonyl (C=O) groups is 1. The smallest absolute Gasteiger partial charge is 0.441 e. The summed E-state index contributed by atoms with van der Waals surface area (Å²) in [6.45, 7) is 5.30. The highest BCUT2D eigenvalue weighted by Crippen LogP contribution is 2.11. The zero-order valence-corrected chi connectivity index (χ0v) is 10.9. The van der Waals surface area contributed by atoms with E-state index in [0.29, 0.717) is 4.60 Å². The van der Waals surface area contributed by atoms with Crippen LogP contribution in [0.15, 0.2) is 22.8 Å². The van der Waals surface area contributed by atoms with Crippen LogP contribution in [0.5, 0.6) is 5.88 Å². The Morgan fingerprint density at radius 3 is 2.69 bits per heavy atom. The van der Waals surface area contributed by atoms with E-state index in [-0.39, 0.29) is 5.88 Å². The number of hydrogen-bond acceptors (Lipinski definition) is 4. The van der Waals surface area contributed by atoms with Gasteiger partial charge >= 0.3 is 6.09 Å². The predicted molar refractivity (Wildman–Crippen MR) is 61.9 cm³/mol. The van der Waals surface area contributed by atoms with E-state index in [1.165, 1.54) is 0 Å². The molecule has 1 N–H and O–H groups in total. The first-order valence-corrected chi connectivity index (χ1v) is 5.44. The lowest BCUT2D eigenvalue weighted by molar-refractivity contribution is 0.0278. The Kier molecular flexibility index (Phi) is 4.12. The first kappa shape index (κ1) is 12.8. The number of aromatic nitrogens is 1. The second-order valence-corrected chi connectivity index (χ2v) is 4.82. The van der Waals surface area contributed by atoms with Gasteiger partial charge in [-0.25, -0.2) is 9.78 Å². The van der Waals surface area contributed by atoms with Crippen LogP contribution in [0.25, 0.3) is 0 Å². The third-order valence-corrected chi connectivity index (χ3v) is 1.77. The fraction of sp³-hybridized carbons (Fsp3) is 0.400. The van der Waals surface area contributed by atoms with Gasteiger partial charge in [-0.2, -0.15) is 5.48 Å². The van der Waals surface area contributed by atoms with E-state index in [0.717, 1.165) is 0 Å². The van der Waals surface area contributed by atoms with Crippen LogP contribution in [-0.2, 0) is 4.74 Å². The van der Waals surface area contributed by atoms with Gasteiger partial charge in [0.1, 0.15) is 10.2 Å². The minimum atomic E-state index is -0.658. The van der Waals surface area contributed by atoms with Crippen molar-refractivity contribution in [2.75, 3.05) is 0 Å². The summed E-state index contributed by atoms with van der Waals surface area (Å²) in [6.07, 6.45) is -0.658. The molecule has 0 aromatic carbocycles. The molecule has 5 nitrogen and oxygen atoms in total. The molecule has 0 fully saturated rings. The van der Waals surface area contributed by atoms with Crippen molar-refractivity contribution < 1.29 is 14.4 Å². The number of carbonyl (C=O) groups excluding carboxylic acids is 1. The van der Waals surface area contributed by atoms with Crippen LogP contribution in [0.3, 0.4) is 0 Å². The Morgan fingerprint density at radius 2 is 2.12 bits per heavy atom. The molecular formula is C10H13BrN2O3. The molecule has 0 bridgehead atoms. The van der Waals surface area contributed by atoms with E-state index < -0.39 is 11.7 Å². The predicted octanol–water partition coefficient (Wildman–Crippen LogP) is 2.66. The van der Waals surface area contributed by atoms with E-state index in [2.05, 4.69) is 26.4 Å². The van der Waals surface area contributed by atoms with Crippen LogP contribution < -0.4 is 10.3 Å². The first-order chi connectivity index (χ1) is 7.37. The molecule has 1 amide bonds. The fourth-order valence-corrected chi connectivity index (χ4v) is 1.17. The summed E-state index contributed by atoms with van der Waals surface area (Å²) in [5.41, 5.74) is 1.58. The molecule has 0 unspecified atom stereocenters. The third-order valence-electron chi connectivity index (χ3n) is 1.33. The Labute approximate surface area is 102 Å². The van der Waals surface area contributed by atoms with E-state index in [4.69, 9.17) is 9.57 Å². The van der Waals surface area contributed by atoms with E-state index in [9.17, 15) is 4.79 Å². The van der Waals surface area contributed by atoms with Crippen LogP contribution >= 0.6 is 15.9 Å². The quantitative estimate of drug-likeness (QED) is 0.671. The van der Waals surface area contributed by atoms with Crippen molar-refractivity contribution in [3.8, 4) is 5.88 Å². The number of amides is 1. The maximum Gasteiger partial charge on any atom is 0.441 e. The van der Waals surface area contributed by atoms with Gasteiger partial charge in [-0.3, -0.25) is 0 Å². The number of pyridine rings is 1. The second-order valence-electron chi connectivity index (χ2n) is 4.00. The minimum Gasteiger partial charge on any atom is -0.442 e. The molecule has 0 aliphatic rings. The lowest BCUT2D eigenvalue weighted by Gasteiger charge is -2.19. The lowest BCUT2D eigenvalue weighted by atomic mass is 10.2. The maximum absolute atomic E-state index is 11.2. The van der Waals surface area contributed by atoms with Crippen LogP contribution in [0.2, 0.25) is 0 Å². The molecule has 0 radical (unpaired) electrons. The zero-order valence-electron chi connectivity index (χ0n) is 9.28. The number of nitrogens with one attached hydrogen (secondary N) is 1. The summed E-state index contributed by atoms with van der Waals surface area (Å²) >= 11 is 3.18. The summed E-state index contributed by atoms with van der Waals surface area (Å²) in [7, 11) is 0. The number of hydrogen-bond donors (Lipinski definition) is 1. The van der Waals surface area contributed by atoms with Crippen molar-refractivity contribution >= 4 is 22.0 Å². The van der Waals surface area contributed by atoms with Gasteiger partial charge in [0.05, 0.1) is 0 Å². The number of hydroxylamine groups is 1. The molecule has 0 saturated heterocycles. The van der Waals surface area contributed by atoms with Crippen molar-refractivity contribution in [2.24, 2.45) is 0 Å². The van der Waals surface area contributed by atoms with E-state index in [1.54, 1.807) is 39.0 Å². The summed E-state index contributed by atoms with van der Waals surface area (Å²) in [5.74, 6) is 0.278. The Hall–Kier alpha value is -1.30. The largest absolute Gasteiger partial charge is 0.442 e. The molecule has 1 aromatic heterocycles. The highest BCUT2D eigenvalue weighted by Gasteiger charge is 2.16. The summed E-state index contributed by atoms with van der Waals surface area (Å²) < 4.78 is 5.60. The molecule has 0 aliphatic carbocycles. The molecular weight excluding hydrogens is 276 g/mol. The standard InChI is InChI=1S/C10H13BrN2O3/c1-10(2,3)15-9(14)13-16-8-6-4-5-7(11)12-8/h4-6H,1-3H3,(H,13,14). The first-order valence-electron chi connectivity index (χ1n) is 4.65. The molecule has 1 heterocycles. The van der Waals surface area contributed by atoms with Gasteiger partial charge in [0.15, 0.2) is 0 Å². The van der Waals surface area contributed by atoms with Crippen molar-refractivity contribution in [3.63, 3.8) is 0 Å². The topological polar surface area (TPSA) is 60.5 Å². The molecule has 1 aromatic rings. The third kappa shape index (κ3) is 4.97. The second kappa shape index (κ2) is 5.16. The Morgan fingerprint density at radius 1 is 1.44 bits per heavy atom. The SMILES string of the molecule is CC(C)(C)OC(=O)NOc1cccc(Br)n1. The number of halogens is 1. The summed E-state index contributed by atoms with van der Waals surface area (Å²) in [4.78, 5) is 20.1. The van der Waals surface area contributed by atoms with Gasteiger partial charge in [-0.1, -0.05) is 6.07 Å². The highest BCUT2D eigenvalue weighted by atomic mass is 79.9. The van der Waals surface area contributed by atoms with Gasteiger partial charge in [0, 0.05) is 6.07 Å². The summed E-state index contributed by atoms with van der Waals surface area (Å²) in [6, 6.07) is 5.10. The molecule has 6 heteroatoms. The summed E-state index contributed by atoms with van der Waals surface area (Å²) in [5, 5.41) is 0. The highest BCUT2D eigenvalue weighted by molar-refractivity contribution is 9.10. The normalized spacial score (nSPS) is 10.8. The van der Waals surface area contributed by atoms with Crippen molar-refractivity contribution in [3.05, 3.63) is 22.8 Å². The molecule has 0 atom stereocenters. The average molecular weight is 289 g/mol. The van der Waals surface area contributed by atoms with E-state index in [1.807, 2.05) is 0 Å². The Balaban J connectivity index is 2.43. The Bertz CT molecular complexity index is 377. The fourth-order valence-electron chi connectivity index (χ4n) is 0.839. The van der Waals surface area contributed by atoms with Gasteiger partial charge in [0.2, 0.25) is 5.88 Å². The zero-order chi connectivity index (χ0) is 12.2.